The summed E-state index contributed by atoms with van der Waals surface area (Å²) < 4.78 is 0. The minimum absolute atomic E-state index is 0.0447. The van der Waals surface area contributed by atoms with Gasteiger partial charge in [0.1, 0.15) is 0 Å². The van der Waals surface area contributed by atoms with Crippen molar-refractivity contribution in [3.05, 3.63) is 24.0 Å². The lowest BCUT2D eigenvalue weighted by Gasteiger charge is -2.32. The predicted octanol–water partition coefficient (Wildman–Crippen LogP) is 2.27. The van der Waals surface area contributed by atoms with Gasteiger partial charge >= 0.3 is 0 Å². The number of rotatable bonds is 7. The highest BCUT2D eigenvalue weighted by Crippen LogP contribution is 2.19. The quantitative estimate of drug-likeness (QED) is 0.820. The molecule has 1 aromatic rings. The number of likely N-dealkylation sites (N-methyl/N-ethyl adjacent to an activating group) is 2. The topological polar surface area (TPSA) is 45.4 Å². The average molecular weight is 264 g/mol. The third-order valence-corrected chi connectivity index (χ3v) is 3.42. The van der Waals surface area contributed by atoms with Crippen molar-refractivity contribution in [3.8, 4) is 0 Å². The molecule has 0 fully saturated rings. The minimum Gasteiger partial charge on any atom is -0.367 e. The molecule has 2 N–H and O–H groups in total. The van der Waals surface area contributed by atoms with E-state index in [2.05, 4.69) is 61.8 Å². The molecule has 4 heteroatoms. The van der Waals surface area contributed by atoms with E-state index in [4.69, 9.17) is 5.73 Å². The molecule has 0 saturated carbocycles. The van der Waals surface area contributed by atoms with E-state index < -0.39 is 0 Å². The second kappa shape index (κ2) is 7.46. The van der Waals surface area contributed by atoms with Gasteiger partial charge < -0.3 is 15.5 Å². The molecule has 0 aromatic carbocycles. The van der Waals surface area contributed by atoms with Crippen LogP contribution in [0.5, 0.6) is 0 Å². The molecule has 0 aliphatic carbocycles. The molecule has 1 heterocycles. The van der Waals surface area contributed by atoms with Crippen molar-refractivity contribution in [2.24, 2.45) is 5.73 Å². The SMILES string of the molecule is CCC(N)c1ccc(N(CC)C(C)CN(C)C)cn1. The summed E-state index contributed by atoms with van der Waals surface area (Å²) in [6.07, 6.45) is 2.86. The van der Waals surface area contributed by atoms with Gasteiger partial charge in [-0.3, -0.25) is 4.98 Å². The fourth-order valence-corrected chi connectivity index (χ4v) is 2.37. The van der Waals surface area contributed by atoms with Crippen LogP contribution in [0.4, 0.5) is 5.69 Å². The van der Waals surface area contributed by atoms with Crippen LogP contribution in [-0.2, 0) is 0 Å². The second-order valence-corrected chi connectivity index (χ2v) is 5.35. The standard InChI is InChI=1S/C15H28N4/c1-6-14(16)15-9-8-13(10-17-15)19(7-2)12(3)11-18(4)5/h8-10,12,14H,6-7,11,16H2,1-5H3. The van der Waals surface area contributed by atoms with E-state index in [1.165, 1.54) is 5.69 Å². The average Bonchev–Trinajstić information content (AvgIpc) is 2.38. The first kappa shape index (κ1) is 15.9. The first-order chi connectivity index (χ1) is 8.99. The van der Waals surface area contributed by atoms with Crippen molar-refractivity contribution in [1.82, 2.24) is 9.88 Å². The van der Waals surface area contributed by atoms with E-state index in [0.29, 0.717) is 6.04 Å². The molecule has 0 amide bonds. The third-order valence-electron chi connectivity index (χ3n) is 3.42. The van der Waals surface area contributed by atoms with Gasteiger partial charge in [-0.05, 0) is 46.5 Å². The maximum Gasteiger partial charge on any atom is 0.0572 e. The van der Waals surface area contributed by atoms with E-state index in [0.717, 1.165) is 25.2 Å². The Morgan fingerprint density at radius 1 is 1.26 bits per heavy atom. The number of pyridine rings is 1. The Kier molecular flexibility index (Phi) is 6.25. The van der Waals surface area contributed by atoms with Crippen LogP contribution < -0.4 is 10.6 Å². The smallest absolute Gasteiger partial charge is 0.0572 e. The Bertz CT molecular complexity index is 361. The van der Waals surface area contributed by atoms with E-state index in [9.17, 15) is 0 Å². The van der Waals surface area contributed by atoms with E-state index in [1.807, 2.05) is 6.20 Å². The number of hydrogen-bond donors (Lipinski definition) is 1. The van der Waals surface area contributed by atoms with Gasteiger partial charge in [-0.2, -0.15) is 0 Å². The fourth-order valence-electron chi connectivity index (χ4n) is 2.37. The third kappa shape index (κ3) is 4.48. The maximum atomic E-state index is 6.00. The summed E-state index contributed by atoms with van der Waals surface area (Å²) in [5, 5.41) is 0. The molecule has 0 spiro atoms. The minimum atomic E-state index is 0.0447. The van der Waals surface area contributed by atoms with Gasteiger partial charge in [-0.1, -0.05) is 6.92 Å². The number of nitrogens with zero attached hydrogens (tertiary/aromatic N) is 3. The summed E-state index contributed by atoms with van der Waals surface area (Å²) in [6, 6.07) is 4.69. The molecular weight excluding hydrogens is 236 g/mol. The zero-order valence-corrected chi connectivity index (χ0v) is 12.9. The lowest BCUT2D eigenvalue weighted by atomic mass is 10.1. The summed E-state index contributed by atoms with van der Waals surface area (Å²) in [4.78, 5) is 9.08. The van der Waals surface area contributed by atoms with Crippen LogP contribution in [0.15, 0.2) is 18.3 Å². The molecule has 0 radical (unpaired) electrons. The normalized spacial score (nSPS) is 14.5. The highest BCUT2D eigenvalue weighted by Gasteiger charge is 2.14. The lowest BCUT2D eigenvalue weighted by Crippen LogP contribution is -2.40. The van der Waals surface area contributed by atoms with Crippen molar-refractivity contribution in [1.29, 1.82) is 0 Å². The maximum absolute atomic E-state index is 6.00. The van der Waals surface area contributed by atoms with Crippen LogP contribution in [0.25, 0.3) is 0 Å². The molecule has 108 valence electrons. The van der Waals surface area contributed by atoms with Crippen LogP contribution in [0.1, 0.15) is 38.9 Å². The molecule has 0 bridgehead atoms. The fraction of sp³-hybridized carbons (Fsp3) is 0.667. The van der Waals surface area contributed by atoms with Crippen molar-refractivity contribution in [3.63, 3.8) is 0 Å². The van der Waals surface area contributed by atoms with Crippen LogP contribution in [0.2, 0.25) is 0 Å². The molecule has 2 atom stereocenters. The monoisotopic (exact) mass is 264 g/mol. The zero-order chi connectivity index (χ0) is 14.4. The Hall–Kier alpha value is -1.13. The van der Waals surface area contributed by atoms with Gasteiger partial charge in [0.2, 0.25) is 0 Å². The van der Waals surface area contributed by atoms with Crippen molar-refractivity contribution in [2.75, 3.05) is 32.1 Å². The van der Waals surface area contributed by atoms with Crippen molar-refractivity contribution in [2.45, 2.75) is 39.3 Å². The first-order valence-corrected chi connectivity index (χ1v) is 7.12. The van der Waals surface area contributed by atoms with Gasteiger partial charge in [0.05, 0.1) is 17.6 Å². The molecule has 0 saturated heterocycles. The number of anilines is 1. The largest absolute Gasteiger partial charge is 0.367 e. The van der Waals surface area contributed by atoms with Gasteiger partial charge in [-0.25, -0.2) is 0 Å². The molecule has 0 aliphatic rings. The molecule has 4 nitrogen and oxygen atoms in total. The Balaban J connectivity index is 2.81. The van der Waals surface area contributed by atoms with Gasteiger partial charge in [0, 0.05) is 25.2 Å². The highest BCUT2D eigenvalue weighted by atomic mass is 15.2. The predicted molar refractivity (Wildman–Crippen MR) is 82.5 cm³/mol. The summed E-state index contributed by atoms with van der Waals surface area (Å²) in [5.41, 5.74) is 8.14. The summed E-state index contributed by atoms with van der Waals surface area (Å²) in [7, 11) is 4.21. The van der Waals surface area contributed by atoms with E-state index in [-0.39, 0.29) is 6.04 Å². The van der Waals surface area contributed by atoms with E-state index in [1.54, 1.807) is 0 Å². The molecule has 1 aromatic heterocycles. The van der Waals surface area contributed by atoms with Crippen LogP contribution in [-0.4, -0.2) is 43.1 Å². The van der Waals surface area contributed by atoms with Gasteiger partial charge in [-0.15, -0.1) is 0 Å². The lowest BCUT2D eigenvalue weighted by molar-refractivity contribution is 0.373. The number of aromatic nitrogens is 1. The van der Waals surface area contributed by atoms with Gasteiger partial charge in [0.15, 0.2) is 0 Å². The summed E-state index contributed by atoms with van der Waals surface area (Å²) in [5.74, 6) is 0. The highest BCUT2D eigenvalue weighted by molar-refractivity contribution is 5.45. The molecule has 19 heavy (non-hydrogen) atoms. The van der Waals surface area contributed by atoms with Crippen molar-refractivity contribution >= 4 is 5.69 Å². The summed E-state index contributed by atoms with van der Waals surface area (Å²) >= 11 is 0. The zero-order valence-electron chi connectivity index (χ0n) is 12.9. The number of nitrogens with two attached hydrogens (primary N) is 1. The number of hydrogen-bond acceptors (Lipinski definition) is 4. The Morgan fingerprint density at radius 3 is 2.37 bits per heavy atom. The molecular formula is C15H28N4. The van der Waals surface area contributed by atoms with E-state index >= 15 is 0 Å². The van der Waals surface area contributed by atoms with Crippen molar-refractivity contribution < 1.29 is 0 Å². The summed E-state index contributed by atoms with van der Waals surface area (Å²) in [6.45, 7) is 8.52. The first-order valence-electron chi connectivity index (χ1n) is 7.12. The van der Waals surface area contributed by atoms with Crippen LogP contribution in [0.3, 0.4) is 0 Å². The van der Waals surface area contributed by atoms with Crippen LogP contribution >= 0.6 is 0 Å². The molecule has 1 rings (SSSR count). The molecule has 0 aliphatic heterocycles. The van der Waals surface area contributed by atoms with Gasteiger partial charge in [0.25, 0.3) is 0 Å². The Morgan fingerprint density at radius 2 is 1.95 bits per heavy atom. The Labute approximate surface area is 117 Å². The molecule has 2 unspecified atom stereocenters. The second-order valence-electron chi connectivity index (χ2n) is 5.35. The van der Waals surface area contributed by atoms with Crippen LogP contribution in [0, 0.1) is 0 Å².